The van der Waals surface area contributed by atoms with E-state index >= 15 is 0 Å². The van der Waals surface area contributed by atoms with Gasteiger partial charge in [-0.25, -0.2) is 9.97 Å². The summed E-state index contributed by atoms with van der Waals surface area (Å²) in [6.07, 6.45) is 1.40. The van der Waals surface area contributed by atoms with Crippen LogP contribution in [0, 0.1) is 4.64 Å². The fourth-order valence-electron chi connectivity index (χ4n) is 2.53. The average Bonchev–Trinajstić information content (AvgIpc) is 3.03. The standard InChI is InChI=1S/C12H16N4O3S2/c1-2-21-9-8(18)6(3-17)19-12(9)16-5-15-7-10(16)13-4-14-11(7)20/h4-6,8-9,12,17-18H,2-3H2,1H3,(H,13,14,20)/t6-,8+,9+,12-/m0/s1. The van der Waals surface area contributed by atoms with Crippen LogP contribution < -0.4 is 0 Å². The molecule has 9 heteroatoms. The normalized spacial score (nSPS) is 29.3. The molecule has 1 aliphatic rings. The van der Waals surface area contributed by atoms with Crippen molar-refractivity contribution in [3.05, 3.63) is 17.3 Å². The summed E-state index contributed by atoms with van der Waals surface area (Å²) in [6.45, 7) is 1.80. The molecule has 0 radical (unpaired) electrons. The van der Waals surface area contributed by atoms with Gasteiger partial charge in [-0.2, -0.15) is 11.8 Å². The number of nitrogens with zero attached hydrogens (tertiary/aromatic N) is 3. The Morgan fingerprint density at radius 2 is 2.33 bits per heavy atom. The molecule has 0 unspecified atom stereocenters. The summed E-state index contributed by atoms with van der Waals surface area (Å²) in [5.41, 5.74) is 1.30. The van der Waals surface area contributed by atoms with Crippen LogP contribution in [0.4, 0.5) is 0 Å². The Labute approximate surface area is 130 Å². The maximum atomic E-state index is 10.3. The Hall–Kier alpha value is -1.00. The second-order valence-electron chi connectivity index (χ2n) is 4.71. The molecule has 1 saturated heterocycles. The van der Waals surface area contributed by atoms with E-state index < -0.39 is 18.4 Å². The topological polar surface area (TPSA) is 96.2 Å². The third kappa shape index (κ3) is 2.49. The Morgan fingerprint density at radius 3 is 3.05 bits per heavy atom. The van der Waals surface area contributed by atoms with Gasteiger partial charge in [0.25, 0.3) is 0 Å². The molecule has 7 nitrogen and oxygen atoms in total. The predicted molar refractivity (Wildman–Crippen MR) is 81.6 cm³/mol. The first-order valence-corrected chi connectivity index (χ1v) is 8.09. The van der Waals surface area contributed by atoms with Gasteiger partial charge in [-0.05, 0) is 5.75 Å². The molecule has 114 valence electrons. The van der Waals surface area contributed by atoms with Gasteiger partial charge in [-0.3, -0.25) is 4.57 Å². The number of aliphatic hydroxyl groups excluding tert-OH is 2. The van der Waals surface area contributed by atoms with E-state index in [0.717, 1.165) is 5.75 Å². The summed E-state index contributed by atoms with van der Waals surface area (Å²) in [5, 5.41) is 19.5. The van der Waals surface area contributed by atoms with Crippen LogP contribution >= 0.6 is 24.0 Å². The van der Waals surface area contributed by atoms with Crippen LogP contribution in [0.2, 0.25) is 0 Å². The van der Waals surface area contributed by atoms with Gasteiger partial charge in [0.15, 0.2) is 10.9 Å². The molecule has 3 N–H and O–H groups in total. The van der Waals surface area contributed by atoms with Crippen molar-refractivity contribution < 1.29 is 14.9 Å². The Balaban J connectivity index is 2.04. The molecule has 21 heavy (non-hydrogen) atoms. The van der Waals surface area contributed by atoms with Gasteiger partial charge in [-0.15, -0.1) is 0 Å². The lowest BCUT2D eigenvalue weighted by Gasteiger charge is -2.20. The maximum absolute atomic E-state index is 10.3. The Bertz CT molecular complexity index is 688. The minimum atomic E-state index is -0.729. The predicted octanol–water partition coefficient (Wildman–Crippen LogP) is 0.861. The van der Waals surface area contributed by atoms with Crippen molar-refractivity contribution in [2.75, 3.05) is 12.4 Å². The number of fused-ring (bicyclic) bond motifs is 1. The number of hydrogen-bond acceptors (Lipinski definition) is 7. The number of thioether (sulfide) groups is 1. The third-order valence-electron chi connectivity index (χ3n) is 3.51. The number of rotatable bonds is 4. The summed E-state index contributed by atoms with van der Waals surface area (Å²) in [7, 11) is 0. The van der Waals surface area contributed by atoms with Crippen molar-refractivity contribution in [3.63, 3.8) is 0 Å². The van der Waals surface area contributed by atoms with Crippen LogP contribution in [0.5, 0.6) is 0 Å². The first-order valence-electron chi connectivity index (χ1n) is 6.63. The SMILES string of the molecule is CCS[C@@H]1[C@H](O)[C@H](CO)O[C@@H]1n1cnc2c(=S)nc[nH]c21. The van der Waals surface area contributed by atoms with Gasteiger partial charge in [-0.1, -0.05) is 19.1 Å². The molecule has 0 bridgehead atoms. The van der Waals surface area contributed by atoms with E-state index in [1.807, 2.05) is 6.92 Å². The van der Waals surface area contributed by atoms with Gasteiger partial charge in [0, 0.05) is 0 Å². The van der Waals surface area contributed by atoms with E-state index in [9.17, 15) is 10.2 Å². The second kappa shape index (κ2) is 6.01. The minimum absolute atomic E-state index is 0.181. The van der Waals surface area contributed by atoms with Crippen molar-refractivity contribution in [2.24, 2.45) is 0 Å². The first-order chi connectivity index (χ1) is 10.2. The van der Waals surface area contributed by atoms with Crippen LogP contribution in [-0.4, -0.2) is 59.5 Å². The lowest BCUT2D eigenvalue weighted by atomic mass is 10.2. The minimum Gasteiger partial charge on any atom is -0.394 e. The van der Waals surface area contributed by atoms with Crippen molar-refractivity contribution in [1.82, 2.24) is 19.5 Å². The van der Waals surface area contributed by atoms with E-state index in [-0.39, 0.29) is 11.9 Å². The van der Waals surface area contributed by atoms with E-state index in [2.05, 4.69) is 15.0 Å². The van der Waals surface area contributed by atoms with E-state index in [1.54, 1.807) is 22.7 Å². The van der Waals surface area contributed by atoms with Crippen molar-refractivity contribution >= 4 is 35.1 Å². The van der Waals surface area contributed by atoms with E-state index in [4.69, 9.17) is 17.0 Å². The fraction of sp³-hybridized carbons (Fsp3) is 0.583. The summed E-state index contributed by atoms with van der Waals surface area (Å²) in [5.74, 6) is 0.837. The number of ether oxygens (including phenoxy) is 1. The number of aromatic nitrogens is 4. The van der Waals surface area contributed by atoms with Crippen LogP contribution in [0.15, 0.2) is 12.7 Å². The highest BCUT2D eigenvalue weighted by Crippen LogP contribution is 2.38. The molecular formula is C12H16N4O3S2. The number of aliphatic hydroxyl groups is 2. The zero-order valence-electron chi connectivity index (χ0n) is 11.3. The van der Waals surface area contributed by atoms with Crippen molar-refractivity contribution in [3.8, 4) is 0 Å². The molecule has 2 aromatic rings. The molecule has 3 rings (SSSR count). The average molecular weight is 328 g/mol. The van der Waals surface area contributed by atoms with Crippen LogP contribution in [0.1, 0.15) is 13.2 Å². The summed E-state index contributed by atoms with van der Waals surface area (Å²) in [6, 6.07) is 0. The molecule has 0 aromatic carbocycles. The lowest BCUT2D eigenvalue weighted by Crippen LogP contribution is -2.31. The van der Waals surface area contributed by atoms with Gasteiger partial charge >= 0.3 is 0 Å². The van der Waals surface area contributed by atoms with Crippen molar-refractivity contribution in [2.45, 2.75) is 30.6 Å². The highest BCUT2D eigenvalue weighted by atomic mass is 32.2. The summed E-state index contributed by atoms with van der Waals surface area (Å²) < 4.78 is 8.03. The second-order valence-corrected chi connectivity index (χ2v) is 6.56. The molecule has 2 aromatic heterocycles. The number of aromatic amines is 1. The van der Waals surface area contributed by atoms with Crippen LogP contribution in [-0.2, 0) is 4.74 Å². The molecule has 0 saturated carbocycles. The Morgan fingerprint density at radius 1 is 1.52 bits per heavy atom. The molecule has 0 spiro atoms. The summed E-state index contributed by atoms with van der Waals surface area (Å²) in [4.78, 5) is 11.3. The number of nitrogens with one attached hydrogen (secondary N) is 1. The molecule has 4 atom stereocenters. The largest absolute Gasteiger partial charge is 0.394 e. The maximum Gasteiger partial charge on any atom is 0.157 e. The zero-order chi connectivity index (χ0) is 15.0. The van der Waals surface area contributed by atoms with Gasteiger partial charge in [0.2, 0.25) is 0 Å². The monoisotopic (exact) mass is 328 g/mol. The number of hydrogen-bond donors (Lipinski definition) is 3. The van der Waals surface area contributed by atoms with Gasteiger partial charge < -0.3 is 19.9 Å². The van der Waals surface area contributed by atoms with Gasteiger partial charge in [0.1, 0.15) is 17.3 Å². The molecule has 0 aliphatic carbocycles. The van der Waals surface area contributed by atoms with Crippen LogP contribution in [0.25, 0.3) is 11.2 Å². The molecule has 3 heterocycles. The lowest BCUT2D eigenvalue weighted by molar-refractivity contribution is -0.0430. The quantitative estimate of drug-likeness (QED) is 0.716. The molecule has 0 amide bonds. The van der Waals surface area contributed by atoms with E-state index in [0.29, 0.717) is 15.8 Å². The van der Waals surface area contributed by atoms with E-state index in [1.165, 1.54) is 6.33 Å². The highest BCUT2D eigenvalue weighted by molar-refractivity contribution is 7.99. The first kappa shape index (κ1) is 14.9. The zero-order valence-corrected chi connectivity index (χ0v) is 13.0. The highest BCUT2D eigenvalue weighted by Gasteiger charge is 2.44. The summed E-state index contributed by atoms with van der Waals surface area (Å²) >= 11 is 6.74. The molecular weight excluding hydrogens is 312 g/mol. The number of imidazole rings is 1. The number of H-pyrrole nitrogens is 1. The fourth-order valence-corrected chi connectivity index (χ4v) is 3.85. The Kier molecular flexibility index (Phi) is 4.27. The molecule has 1 aliphatic heterocycles. The molecule has 1 fully saturated rings. The third-order valence-corrected chi connectivity index (χ3v) is 5.03. The van der Waals surface area contributed by atoms with Gasteiger partial charge in [0.05, 0.1) is 30.6 Å². The smallest absolute Gasteiger partial charge is 0.157 e. The van der Waals surface area contributed by atoms with Crippen LogP contribution in [0.3, 0.4) is 0 Å². The van der Waals surface area contributed by atoms with Crippen molar-refractivity contribution in [1.29, 1.82) is 0 Å².